The fourth-order valence-electron chi connectivity index (χ4n) is 1.81. The summed E-state index contributed by atoms with van der Waals surface area (Å²) >= 11 is 4.22. The fraction of sp³-hybridized carbons (Fsp3) is 0.462. The minimum Gasteiger partial charge on any atom is -0.334 e. The molecule has 17 heavy (non-hydrogen) atoms. The highest BCUT2D eigenvalue weighted by molar-refractivity contribution is 14.1. The molecule has 1 aromatic rings. The Hall–Kier alpha value is -0.230. The molecule has 0 spiro atoms. The molecule has 0 aliphatic carbocycles. The minimum atomic E-state index is 0.652. The first-order chi connectivity index (χ1) is 8.15. The Morgan fingerprint density at radius 1 is 1.47 bits per heavy atom. The molecule has 0 radical (unpaired) electrons. The van der Waals surface area contributed by atoms with Crippen LogP contribution in [0.3, 0.4) is 0 Å². The summed E-state index contributed by atoms with van der Waals surface area (Å²) in [6.07, 6.45) is 1.24. The standard InChI is InChI=1S/C13H17IN2S/c1-9(2)7-10-8-15-13(17-10)16-12-6-4-3-5-11(12)14/h3-6,9-10H,7-8H2,1-2H3,(H,15,16). The van der Waals surface area contributed by atoms with Gasteiger partial charge in [-0.25, -0.2) is 0 Å². The number of halogens is 1. The number of rotatable bonds is 3. The third-order valence-corrected chi connectivity index (χ3v) is 4.64. The van der Waals surface area contributed by atoms with Crippen LogP contribution < -0.4 is 5.32 Å². The van der Waals surface area contributed by atoms with Crippen LogP contribution in [0.4, 0.5) is 5.69 Å². The van der Waals surface area contributed by atoms with Gasteiger partial charge in [0.25, 0.3) is 0 Å². The molecule has 1 aromatic carbocycles. The molecule has 0 amide bonds. The van der Waals surface area contributed by atoms with E-state index in [-0.39, 0.29) is 0 Å². The number of thioether (sulfide) groups is 1. The van der Waals surface area contributed by atoms with Crippen molar-refractivity contribution < 1.29 is 0 Å². The van der Waals surface area contributed by atoms with Gasteiger partial charge >= 0.3 is 0 Å². The number of nitrogens with one attached hydrogen (secondary N) is 1. The second kappa shape index (κ2) is 6.09. The number of anilines is 1. The van der Waals surface area contributed by atoms with E-state index in [1.165, 1.54) is 9.99 Å². The first-order valence-corrected chi connectivity index (χ1v) is 7.83. The summed E-state index contributed by atoms with van der Waals surface area (Å²) in [4.78, 5) is 4.57. The lowest BCUT2D eigenvalue weighted by Crippen LogP contribution is -2.10. The first kappa shape index (κ1) is 13.2. The van der Waals surface area contributed by atoms with Crippen LogP contribution in [-0.4, -0.2) is 17.0 Å². The van der Waals surface area contributed by atoms with Crippen molar-refractivity contribution in [3.8, 4) is 0 Å². The molecule has 0 bridgehead atoms. The molecule has 0 saturated heterocycles. The van der Waals surface area contributed by atoms with Gasteiger partial charge in [-0.05, 0) is 47.1 Å². The van der Waals surface area contributed by atoms with Crippen LogP contribution in [0.2, 0.25) is 0 Å². The smallest absolute Gasteiger partial charge is 0.161 e. The molecule has 1 heterocycles. The summed E-state index contributed by atoms with van der Waals surface area (Å²) in [5.74, 6) is 0.749. The molecule has 1 aliphatic heterocycles. The molecular weight excluding hydrogens is 343 g/mol. The van der Waals surface area contributed by atoms with Gasteiger partial charge in [0.1, 0.15) is 0 Å². The molecule has 92 valence electrons. The van der Waals surface area contributed by atoms with E-state index in [9.17, 15) is 0 Å². The minimum absolute atomic E-state index is 0.652. The Morgan fingerprint density at radius 3 is 2.94 bits per heavy atom. The predicted octanol–water partition coefficient (Wildman–Crippen LogP) is 4.22. The number of hydrogen-bond acceptors (Lipinski definition) is 3. The van der Waals surface area contributed by atoms with Gasteiger partial charge in [0.2, 0.25) is 0 Å². The van der Waals surface area contributed by atoms with E-state index in [0.29, 0.717) is 5.25 Å². The van der Waals surface area contributed by atoms with Crippen LogP contribution >= 0.6 is 34.4 Å². The summed E-state index contributed by atoms with van der Waals surface area (Å²) in [6, 6.07) is 8.31. The summed E-state index contributed by atoms with van der Waals surface area (Å²) in [5.41, 5.74) is 1.16. The van der Waals surface area contributed by atoms with Crippen molar-refractivity contribution >= 4 is 45.2 Å². The van der Waals surface area contributed by atoms with Gasteiger partial charge in [-0.1, -0.05) is 37.7 Å². The van der Waals surface area contributed by atoms with Crippen LogP contribution in [0.15, 0.2) is 29.3 Å². The number of nitrogens with zero attached hydrogens (tertiary/aromatic N) is 1. The van der Waals surface area contributed by atoms with Crippen molar-refractivity contribution in [1.82, 2.24) is 0 Å². The molecule has 4 heteroatoms. The summed E-state index contributed by atoms with van der Waals surface area (Å²) in [6.45, 7) is 5.49. The third-order valence-electron chi connectivity index (χ3n) is 2.57. The Balaban J connectivity index is 1.92. The molecule has 0 fully saturated rings. The van der Waals surface area contributed by atoms with Gasteiger partial charge in [0.15, 0.2) is 5.17 Å². The molecule has 0 aromatic heterocycles. The van der Waals surface area contributed by atoms with Gasteiger partial charge in [-0.2, -0.15) is 0 Å². The highest BCUT2D eigenvalue weighted by Crippen LogP contribution is 2.28. The Bertz CT molecular complexity index is 418. The lowest BCUT2D eigenvalue weighted by molar-refractivity contribution is 0.575. The van der Waals surface area contributed by atoms with E-state index in [2.05, 4.69) is 71.0 Å². The average molecular weight is 360 g/mol. The van der Waals surface area contributed by atoms with Crippen molar-refractivity contribution in [3.63, 3.8) is 0 Å². The highest BCUT2D eigenvalue weighted by Gasteiger charge is 2.20. The van der Waals surface area contributed by atoms with E-state index >= 15 is 0 Å². The van der Waals surface area contributed by atoms with E-state index in [1.54, 1.807) is 0 Å². The molecule has 0 saturated carbocycles. The maximum atomic E-state index is 4.57. The third kappa shape index (κ3) is 3.88. The van der Waals surface area contributed by atoms with Gasteiger partial charge in [0.05, 0.1) is 12.2 Å². The average Bonchev–Trinajstić information content (AvgIpc) is 2.68. The fourth-order valence-corrected chi connectivity index (χ4v) is 3.60. The normalized spacial score (nSPS) is 19.5. The van der Waals surface area contributed by atoms with Crippen LogP contribution in [0.25, 0.3) is 0 Å². The summed E-state index contributed by atoms with van der Waals surface area (Å²) < 4.78 is 1.24. The highest BCUT2D eigenvalue weighted by atomic mass is 127. The van der Waals surface area contributed by atoms with Crippen LogP contribution in [0.1, 0.15) is 20.3 Å². The topological polar surface area (TPSA) is 24.4 Å². The van der Waals surface area contributed by atoms with Crippen molar-refractivity contribution in [3.05, 3.63) is 27.8 Å². The van der Waals surface area contributed by atoms with E-state index < -0.39 is 0 Å². The van der Waals surface area contributed by atoms with Crippen molar-refractivity contribution in [2.45, 2.75) is 25.5 Å². The lowest BCUT2D eigenvalue weighted by atomic mass is 10.1. The first-order valence-electron chi connectivity index (χ1n) is 5.88. The molecule has 2 rings (SSSR count). The zero-order valence-electron chi connectivity index (χ0n) is 10.1. The zero-order chi connectivity index (χ0) is 12.3. The number of para-hydroxylation sites is 1. The number of amidine groups is 1. The quantitative estimate of drug-likeness (QED) is 0.817. The van der Waals surface area contributed by atoms with Gasteiger partial charge in [-0.3, -0.25) is 4.99 Å². The largest absolute Gasteiger partial charge is 0.334 e. The molecule has 1 N–H and O–H groups in total. The van der Waals surface area contributed by atoms with Gasteiger partial charge in [-0.15, -0.1) is 0 Å². The maximum Gasteiger partial charge on any atom is 0.161 e. The molecule has 1 unspecified atom stereocenters. The van der Waals surface area contributed by atoms with Crippen LogP contribution in [0.5, 0.6) is 0 Å². The summed E-state index contributed by atoms with van der Waals surface area (Å²) in [7, 11) is 0. The molecule has 2 nitrogen and oxygen atoms in total. The maximum absolute atomic E-state index is 4.57. The molecule has 1 atom stereocenters. The molecule has 1 aliphatic rings. The zero-order valence-corrected chi connectivity index (χ0v) is 13.1. The van der Waals surface area contributed by atoms with Crippen molar-refractivity contribution in [2.24, 2.45) is 10.9 Å². The van der Waals surface area contributed by atoms with Gasteiger partial charge in [0, 0.05) is 8.82 Å². The lowest BCUT2D eigenvalue weighted by Gasteiger charge is -2.11. The second-order valence-electron chi connectivity index (χ2n) is 4.62. The number of benzene rings is 1. The number of hydrogen-bond donors (Lipinski definition) is 1. The van der Waals surface area contributed by atoms with Crippen LogP contribution in [0, 0.1) is 9.49 Å². The monoisotopic (exact) mass is 360 g/mol. The van der Waals surface area contributed by atoms with Crippen molar-refractivity contribution in [2.75, 3.05) is 11.9 Å². The second-order valence-corrected chi connectivity index (χ2v) is 7.07. The Kier molecular flexibility index (Phi) is 4.73. The Morgan fingerprint density at radius 2 is 2.24 bits per heavy atom. The summed E-state index contributed by atoms with van der Waals surface area (Å²) in [5, 5.41) is 5.14. The number of aliphatic imine (C=N–C) groups is 1. The van der Waals surface area contributed by atoms with Crippen LogP contribution in [-0.2, 0) is 0 Å². The Labute approximate surface area is 121 Å². The predicted molar refractivity (Wildman–Crippen MR) is 85.9 cm³/mol. The molecular formula is C13H17IN2S. The van der Waals surface area contributed by atoms with E-state index in [0.717, 1.165) is 23.3 Å². The van der Waals surface area contributed by atoms with Gasteiger partial charge < -0.3 is 5.32 Å². The van der Waals surface area contributed by atoms with E-state index in [4.69, 9.17) is 0 Å². The SMILES string of the molecule is CC(C)CC1CN=C(Nc2ccccc2I)S1. The van der Waals surface area contributed by atoms with E-state index in [1.807, 2.05) is 11.8 Å². The van der Waals surface area contributed by atoms with Crippen molar-refractivity contribution in [1.29, 1.82) is 0 Å².